The molecule has 0 aliphatic heterocycles. The highest BCUT2D eigenvalue weighted by Gasteiger charge is 2.44. The summed E-state index contributed by atoms with van der Waals surface area (Å²) in [5.74, 6) is 0. The summed E-state index contributed by atoms with van der Waals surface area (Å²) in [5, 5.41) is 0. The van der Waals surface area contributed by atoms with E-state index in [0.717, 1.165) is 5.54 Å². The highest BCUT2D eigenvalue weighted by Crippen LogP contribution is 2.35. The molecule has 0 atom stereocenters. The van der Waals surface area contributed by atoms with Crippen molar-refractivity contribution in [3.63, 3.8) is 0 Å². The molecule has 0 unspecified atom stereocenters. The van der Waals surface area contributed by atoms with Gasteiger partial charge in [0.1, 0.15) is 8.24 Å². The van der Waals surface area contributed by atoms with Crippen molar-refractivity contribution in [2.24, 2.45) is 0 Å². The summed E-state index contributed by atoms with van der Waals surface area (Å²) in [7, 11) is 1.39. The molecule has 0 bridgehead atoms. The van der Waals surface area contributed by atoms with Crippen LogP contribution in [0.2, 0.25) is 25.2 Å². The first-order valence-electron chi connectivity index (χ1n) is 6.11. The zero-order valence-corrected chi connectivity index (χ0v) is 12.9. The molecule has 5 heteroatoms. The van der Waals surface area contributed by atoms with Crippen molar-refractivity contribution in [1.29, 1.82) is 0 Å². The minimum Gasteiger partial charge on any atom is -0.335 e. The molecule has 0 heterocycles. The largest absolute Gasteiger partial charge is 0.335 e. The van der Waals surface area contributed by atoms with Gasteiger partial charge < -0.3 is 14.6 Å². The Morgan fingerprint density at radius 2 is 1.40 bits per heavy atom. The second kappa shape index (κ2) is 5.10. The Balaban J connectivity index is 2.76. The maximum absolute atomic E-state index is 3.97. The van der Waals surface area contributed by atoms with Crippen LogP contribution in [-0.4, -0.2) is 30.9 Å². The molecule has 0 spiro atoms. The van der Waals surface area contributed by atoms with E-state index >= 15 is 0 Å². The van der Waals surface area contributed by atoms with E-state index in [-0.39, 0.29) is 0 Å². The van der Waals surface area contributed by atoms with Crippen molar-refractivity contribution in [2.45, 2.75) is 50.9 Å². The van der Waals surface area contributed by atoms with Crippen molar-refractivity contribution in [2.75, 3.05) is 14.1 Å². The molecule has 1 aliphatic carbocycles. The van der Waals surface area contributed by atoms with Crippen LogP contribution >= 0.6 is 0 Å². The Bertz CT molecular complexity index is 193. The molecule has 1 aliphatic rings. The Morgan fingerprint density at radius 1 is 0.933 bits per heavy atom. The molecule has 0 amide bonds. The highest BCUT2D eigenvalue weighted by molar-refractivity contribution is 6.90. The van der Waals surface area contributed by atoms with Gasteiger partial charge in [0, 0.05) is 0 Å². The van der Waals surface area contributed by atoms with Gasteiger partial charge in [-0.15, -0.1) is 0 Å². The van der Waals surface area contributed by atoms with E-state index < -0.39 is 16.8 Å². The third-order valence-electron chi connectivity index (χ3n) is 3.33. The minimum absolute atomic E-state index is 0.860. The molecule has 3 N–H and O–H groups in total. The number of nitrogens with one attached hydrogen (secondary N) is 3. The summed E-state index contributed by atoms with van der Waals surface area (Å²) in [6.45, 7) is 7.16. The van der Waals surface area contributed by atoms with E-state index in [0.29, 0.717) is 0 Å². The molecule has 0 aromatic heterocycles. The van der Waals surface area contributed by atoms with Gasteiger partial charge in [-0.1, -0.05) is 32.5 Å². The molecule has 0 saturated heterocycles. The van der Waals surface area contributed by atoms with Gasteiger partial charge in [-0.3, -0.25) is 0 Å². The minimum atomic E-state index is -1.63. The van der Waals surface area contributed by atoms with Gasteiger partial charge in [-0.25, -0.2) is 0 Å². The number of hydrogen-bond acceptors (Lipinski definition) is 3. The van der Waals surface area contributed by atoms with Gasteiger partial charge in [0.2, 0.25) is 0 Å². The average Bonchev–Trinajstić information content (AvgIpc) is 2.66. The Kier molecular flexibility index (Phi) is 4.55. The average molecular weight is 246 g/mol. The van der Waals surface area contributed by atoms with Crippen molar-refractivity contribution < 1.29 is 0 Å². The van der Waals surface area contributed by atoms with Crippen molar-refractivity contribution >= 4 is 16.8 Å². The quantitative estimate of drug-likeness (QED) is 0.646. The molecule has 1 saturated carbocycles. The van der Waals surface area contributed by atoms with Crippen LogP contribution < -0.4 is 14.6 Å². The van der Waals surface area contributed by atoms with Gasteiger partial charge in [-0.05, 0) is 32.5 Å². The van der Waals surface area contributed by atoms with Crippen molar-refractivity contribution in [1.82, 2.24) is 14.6 Å². The fourth-order valence-electron chi connectivity index (χ4n) is 2.71. The molecule has 1 rings (SSSR count). The maximum Gasteiger partial charge on any atom is 0.277 e. The van der Waals surface area contributed by atoms with Gasteiger partial charge in [0.15, 0.2) is 0 Å². The van der Waals surface area contributed by atoms with Gasteiger partial charge in [0.05, 0.1) is 0 Å². The first kappa shape index (κ1) is 13.4. The summed E-state index contributed by atoms with van der Waals surface area (Å²) >= 11 is 0. The highest BCUT2D eigenvalue weighted by atomic mass is 28.4. The molecule has 0 aromatic rings. The molecule has 0 radical (unpaired) electrons. The monoisotopic (exact) mass is 245 g/mol. The van der Waals surface area contributed by atoms with Crippen LogP contribution in [0.5, 0.6) is 0 Å². The summed E-state index contributed by atoms with van der Waals surface area (Å²) in [6, 6.07) is 0. The van der Waals surface area contributed by atoms with Crippen LogP contribution in [-0.2, 0) is 0 Å². The molecular formula is C10H27N3Si2. The predicted octanol–water partition coefficient (Wildman–Crippen LogP) is 1.73. The lowest BCUT2D eigenvalue weighted by Crippen LogP contribution is -2.77. The van der Waals surface area contributed by atoms with E-state index in [1.807, 2.05) is 0 Å². The van der Waals surface area contributed by atoms with Crippen LogP contribution in [0.3, 0.4) is 0 Å². The van der Waals surface area contributed by atoms with E-state index in [4.69, 9.17) is 0 Å². The summed E-state index contributed by atoms with van der Waals surface area (Å²) in [5.41, 5.74) is 0.860. The second-order valence-electron chi connectivity index (χ2n) is 5.66. The van der Waals surface area contributed by atoms with Crippen LogP contribution in [0, 0.1) is 0 Å². The zero-order valence-electron chi connectivity index (χ0n) is 10.9. The van der Waals surface area contributed by atoms with Crippen LogP contribution in [0.25, 0.3) is 0 Å². The Hall–Kier alpha value is 0.314. The number of hydrogen-bond donors (Lipinski definition) is 3. The lowest BCUT2D eigenvalue weighted by molar-refractivity contribution is 0.749. The summed E-state index contributed by atoms with van der Waals surface area (Å²) in [6.07, 6.45) is 5.61. The number of rotatable bonds is 5. The molecule has 0 aromatic carbocycles. The zero-order chi connectivity index (χ0) is 11.5. The Labute approximate surface area is 96.7 Å². The van der Waals surface area contributed by atoms with E-state index in [9.17, 15) is 0 Å². The second-order valence-corrected chi connectivity index (χ2v) is 14.6. The fraction of sp³-hybridized carbons (Fsp3) is 1.00. The first-order valence-corrected chi connectivity index (χ1v) is 11.7. The lowest BCUT2D eigenvalue weighted by atomic mass is 10.4. The van der Waals surface area contributed by atoms with Gasteiger partial charge in [-0.2, -0.15) is 0 Å². The maximum atomic E-state index is 3.97. The SMILES string of the molecule is CN[Si](NC)(N[Si](C)(C)C)C1CCCC1. The third-order valence-corrected chi connectivity index (χ3v) is 11.3. The van der Waals surface area contributed by atoms with E-state index in [2.05, 4.69) is 48.3 Å². The van der Waals surface area contributed by atoms with Crippen molar-refractivity contribution in [3.05, 3.63) is 0 Å². The van der Waals surface area contributed by atoms with Crippen LogP contribution in [0.15, 0.2) is 0 Å². The van der Waals surface area contributed by atoms with Crippen LogP contribution in [0.1, 0.15) is 25.7 Å². The van der Waals surface area contributed by atoms with Gasteiger partial charge >= 0.3 is 0 Å². The molecule has 3 nitrogen and oxygen atoms in total. The summed E-state index contributed by atoms with van der Waals surface area (Å²) in [4.78, 5) is 7.23. The van der Waals surface area contributed by atoms with E-state index in [1.165, 1.54) is 25.7 Å². The Morgan fingerprint density at radius 3 is 1.73 bits per heavy atom. The fourth-order valence-corrected chi connectivity index (χ4v) is 11.6. The first-order chi connectivity index (χ1) is 6.93. The summed E-state index contributed by atoms with van der Waals surface area (Å²) < 4.78 is 3.97. The van der Waals surface area contributed by atoms with Crippen molar-refractivity contribution in [3.8, 4) is 0 Å². The van der Waals surface area contributed by atoms with E-state index in [1.54, 1.807) is 0 Å². The van der Waals surface area contributed by atoms with Crippen LogP contribution in [0.4, 0.5) is 0 Å². The predicted molar refractivity (Wildman–Crippen MR) is 72.6 cm³/mol. The topological polar surface area (TPSA) is 36.1 Å². The molecular weight excluding hydrogens is 218 g/mol. The lowest BCUT2D eigenvalue weighted by Gasteiger charge is -2.41. The standard InChI is InChI=1S/C10H27N3Si2/c1-11-15(12-2,13-14(3,4)5)10-8-6-7-9-10/h10-13H,6-9H2,1-5H3. The smallest absolute Gasteiger partial charge is 0.277 e. The van der Waals surface area contributed by atoms with Gasteiger partial charge in [0.25, 0.3) is 8.56 Å². The third kappa shape index (κ3) is 3.39. The molecule has 15 heavy (non-hydrogen) atoms. The normalized spacial score (nSPS) is 19.8. The molecule has 90 valence electrons. The molecule has 1 fully saturated rings.